The third kappa shape index (κ3) is 5.70. The summed E-state index contributed by atoms with van der Waals surface area (Å²) in [7, 11) is 0. The van der Waals surface area contributed by atoms with Crippen molar-refractivity contribution < 1.29 is 9.47 Å². The minimum absolute atomic E-state index is 0. The quantitative estimate of drug-likeness (QED) is 0.801. The first kappa shape index (κ1) is 17.3. The number of halogens is 1. The predicted molar refractivity (Wildman–Crippen MR) is 84.6 cm³/mol. The zero-order chi connectivity index (χ0) is 13.7. The predicted octanol–water partition coefficient (Wildman–Crippen LogP) is 3.32. The van der Waals surface area contributed by atoms with E-state index in [2.05, 4.69) is 18.2 Å². The van der Waals surface area contributed by atoms with Crippen molar-refractivity contribution in [2.24, 2.45) is 11.7 Å². The number of hydrogen-bond acceptors (Lipinski definition) is 3. The second kappa shape index (κ2) is 8.50. The van der Waals surface area contributed by atoms with Gasteiger partial charge in [0.15, 0.2) is 0 Å². The molecule has 0 heterocycles. The maximum Gasteiger partial charge on any atom is 0.124 e. The second-order valence-electron chi connectivity index (χ2n) is 5.51. The normalized spacial score (nSPS) is 15.6. The molecule has 0 saturated heterocycles. The summed E-state index contributed by atoms with van der Waals surface area (Å²) < 4.78 is 11.4. The van der Waals surface area contributed by atoms with E-state index < -0.39 is 0 Å². The monoisotopic (exact) mass is 299 g/mol. The Labute approximate surface area is 128 Å². The number of rotatable bonds is 8. The summed E-state index contributed by atoms with van der Waals surface area (Å²) in [6.07, 6.45) is 3.51. The van der Waals surface area contributed by atoms with Gasteiger partial charge in [-0.3, -0.25) is 0 Å². The number of ether oxygens (including phenoxy) is 2. The van der Waals surface area contributed by atoms with Crippen molar-refractivity contribution >= 4 is 12.4 Å². The van der Waals surface area contributed by atoms with E-state index in [1.54, 1.807) is 0 Å². The van der Waals surface area contributed by atoms with E-state index in [-0.39, 0.29) is 18.4 Å². The summed E-state index contributed by atoms with van der Waals surface area (Å²) in [6.45, 7) is 6.21. The van der Waals surface area contributed by atoms with Crippen LogP contribution in [0.5, 0.6) is 5.75 Å². The first-order chi connectivity index (χ1) is 9.19. The van der Waals surface area contributed by atoms with Gasteiger partial charge in [-0.2, -0.15) is 0 Å². The molecule has 1 aliphatic carbocycles. The van der Waals surface area contributed by atoms with Gasteiger partial charge in [-0.05, 0) is 56.7 Å². The lowest BCUT2D eigenvalue weighted by Gasteiger charge is -2.14. The number of hydrogen-bond donors (Lipinski definition) is 1. The Morgan fingerprint density at radius 2 is 2.10 bits per heavy atom. The molecule has 1 aromatic carbocycles. The average molecular weight is 300 g/mol. The van der Waals surface area contributed by atoms with Crippen LogP contribution in [0.4, 0.5) is 0 Å². The lowest BCUT2D eigenvalue weighted by Crippen LogP contribution is -2.18. The summed E-state index contributed by atoms with van der Waals surface area (Å²) in [4.78, 5) is 0. The van der Waals surface area contributed by atoms with Gasteiger partial charge in [0.05, 0.1) is 13.2 Å². The van der Waals surface area contributed by atoms with Gasteiger partial charge >= 0.3 is 0 Å². The van der Waals surface area contributed by atoms with Gasteiger partial charge < -0.3 is 15.2 Å². The Balaban J connectivity index is 0.00000200. The molecule has 0 spiro atoms. The van der Waals surface area contributed by atoms with Crippen LogP contribution in [-0.4, -0.2) is 19.3 Å². The molecule has 20 heavy (non-hydrogen) atoms. The van der Waals surface area contributed by atoms with Gasteiger partial charge in [0, 0.05) is 18.2 Å². The summed E-state index contributed by atoms with van der Waals surface area (Å²) in [5, 5.41) is 0. The molecule has 1 unspecified atom stereocenters. The fourth-order valence-corrected chi connectivity index (χ4v) is 2.09. The van der Waals surface area contributed by atoms with Crippen molar-refractivity contribution in [1.29, 1.82) is 0 Å². The van der Waals surface area contributed by atoms with Crippen LogP contribution >= 0.6 is 12.4 Å². The van der Waals surface area contributed by atoms with Crippen molar-refractivity contribution in [3.8, 4) is 5.75 Å². The zero-order valence-electron chi connectivity index (χ0n) is 12.4. The molecule has 1 aliphatic rings. The molecular formula is C16H26ClNO2. The van der Waals surface area contributed by atoms with Crippen LogP contribution in [0.15, 0.2) is 18.2 Å². The molecule has 4 heteroatoms. The average Bonchev–Trinajstić information content (AvgIpc) is 3.18. The van der Waals surface area contributed by atoms with E-state index >= 15 is 0 Å². The number of benzene rings is 1. The Bertz CT molecular complexity index is 405. The largest absolute Gasteiger partial charge is 0.493 e. The van der Waals surface area contributed by atoms with Crippen LogP contribution in [0.25, 0.3) is 0 Å². The van der Waals surface area contributed by atoms with E-state index in [1.807, 2.05) is 13.8 Å². The fourth-order valence-electron chi connectivity index (χ4n) is 2.09. The molecule has 1 saturated carbocycles. The highest BCUT2D eigenvalue weighted by Gasteiger charge is 2.22. The maximum absolute atomic E-state index is 5.91. The van der Waals surface area contributed by atoms with Crippen LogP contribution in [0.2, 0.25) is 0 Å². The van der Waals surface area contributed by atoms with E-state index in [1.165, 1.54) is 18.4 Å². The SMILES string of the molecule is CCOCc1cc(CC(C)N)ccc1OCC1CC1.Cl. The van der Waals surface area contributed by atoms with E-state index in [0.29, 0.717) is 6.61 Å². The summed E-state index contributed by atoms with van der Waals surface area (Å²) in [5.41, 5.74) is 8.25. The smallest absolute Gasteiger partial charge is 0.124 e. The van der Waals surface area contributed by atoms with Crippen LogP contribution in [0.3, 0.4) is 0 Å². The van der Waals surface area contributed by atoms with Crippen molar-refractivity contribution in [2.75, 3.05) is 13.2 Å². The van der Waals surface area contributed by atoms with Gasteiger partial charge in [0.2, 0.25) is 0 Å². The van der Waals surface area contributed by atoms with Crippen molar-refractivity contribution in [3.05, 3.63) is 29.3 Å². The molecule has 1 atom stereocenters. The third-order valence-corrected chi connectivity index (χ3v) is 3.32. The molecule has 114 valence electrons. The van der Waals surface area contributed by atoms with Crippen molar-refractivity contribution in [2.45, 2.75) is 45.8 Å². The van der Waals surface area contributed by atoms with Crippen molar-refractivity contribution in [1.82, 2.24) is 0 Å². The Morgan fingerprint density at radius 1 is 1.35 bits per heavy atom. The lowest BCUT2D eigenvalue weighted by atomic mass is 10.0. The van der Waals surface area contributed by atoms with E-state index in [4.69, 9.17) is 15.2 Å². The maximum atomic E-state index is 5.91. The highest BCUT2D eigenvalue weighted by molar-refractivity contribution is 5.85. The molecule has 0 bridgehead atoms. The van der Waals surface area contributed by atoms with Crippen LogP contribution in [0, 0.1) is 5.92 Å². The Kier molecular flexibility index (Phi) is 7.35. The third-order valence-electron chi connectivity index (χ3n) is 3.32. The second-order valence-corrected chi connectivity index (χ2v) is 5.51. The molecule has 2 rings (SSSR count). The number of nitrogens with two attached hydrogens (primary N) is 1. The molecule has 1 fully saturated rings. The molecule has 0 radical (unpaired) electrons. The highest BCUT2D eigenvalue weighted by Crippen LogP contribution is 2.31. The molecule has 0 amide bonds. The van der Waals surface area contributed by atoms with E-state index in [0.717, 1.165) is 36.9 Å². The molecular weight excluding hydrogens is 274 g/mol. The first-order valence-corrected chi connectivity index (χ1v) is 7.27. The van der Waals surface area contributed by atoms with E-state index in [9.17, 15) is 0 Å². The standard InChI is InChI=1S/C16H25NO2.ClH/c1-3-18-11-15-9-14(8-12(2)17)6-7-16(15)19-10-13-4-5-13;/h6-7,9,12-13H,3-5,8,10-11,17H2,1-2H3;1H. The lowest BCUT2D eigenvalue weighted by molar-refractivity contribution is 0.130. The highest BCUT2D eigenvalue weighted by atomic mass is 35.5. The van der Waals surface area contributed by atoms with Crippen LogP contribution in [-0.2, 0) is 17.8 Å². The Morgan fingerprint density at radius 3 is 2.70 bits per heavy atom. The summed E-state index contributed by atoms with van der Waals surface area (Å²) >= 11 is 0. The van der Waals surface area contributed by atoms with Gasteiger partial charge in [-0.1, -0.05) is 6.07 Å². The molecule has 2 N–H and O–H groups in total. The minimum Gasteiger partial charge on any atom is -0.493 e. The molecule has 0 aliphatic heterocycles. The van der Waals surface area contributed by atoms with Gasteiger partial charge in [-0.25, -0.2) is 0 Å². The van der Waals surface area contributed by atoms with Gasteiger partial charge in [0.25, 0.3) is 0 Å². The topological polar surface area (TPSA) is 44.5 Å². The van der Waals surface area contributed by atoms with Crippen LogP contribution in [0.1, 0.15) is 37.8 Å². The summed E-state index contributed by atoms with van der Waals surface area (Å²) in [5.74, 6) is 1.73. The first-order valence-electron chi connectivity index (χ1n) is 7.27. The minimum atomic E-state index is 0. The summed E-state index contributed by atoms with van der Waals surface area (Å²) in [6, 6.07) is 6.52. The van der Waals surface area contributed by atoms with Gasteiger partial charge in [0.1, 0.15) is 5.75 Å². The molecule has 1 aromatic rings. The molecule has 3 nitrogen and oxygen atoms in total. The van der Waals surface area contributed by atoms with Crippen LogP contribution < -0.4 is 10.5 Å². The fraction of sp³-hybridized carbons (Fsp3) is 0.625. The zero-order valence-corrected chi connectivity index (χ0v) is 13.2. The van der Waals surface area contributed by atoms with Gasteiger partial charge in [-0.15, -0.1) is 12.4 Å². The molecule has 0 aromatic heterocycles. The van der Waals surface area contributed by atoms with Crippen molar-refractivity contribution in [3.63, 3.8) is 0 Å². The Hall–Kier alpha value is -0.770.